The zero-order valence-corrected chi connectivity index (χ0v) is 20.0. The number of rotatable bonds is 5. The molecular formula is C25H27N7O3. The summed E-state index contributed by atoms with van der Waals surface area (Å²) in [7, 11) is 1.65. The number of hydrogen-bond acceptors (Lipinski definition) is 7. The summed E-state index contributed by atoms with van der Waals surface area (Å²) in [5, 5.41) is 20.7. The molecule has 1 N–H and O–H groups in total. The number of nitrogens with one attached hydrogen (secondary N) is 1. The number of ether oxygens (including phenoxy) is 2. The van der Waals surface area contributed by atoms with Crippen molar-refractivity contribution in [2.45, 2.75) is 58.0 Å². The molecule has 1 saturated carbocycles. The molecule has 0 saturated heterocycles. The Kier molecular flexibility index (Phi) is 5.16. The molecule has 2 aliphatic rings. The number of anilines is 1. The van der Waals surface area contributed by atoms with Gasteiger partial charge in [0.15, 0.2) is 28.8 Å². The van der Waals surface area contributed by atoms with E-state index in [-0.39, 0.29) is 17.9 Å². The molecule has 1 aromatic carbocycles. The van der Waals surface area contributed by atoms with Crippen LogP contribution in [0, 0.1) is 13.8 Å². The molecule has 0 unspecified atom stereocenters. The number of carbonyl (C=O) groups is 1. The molecule has 10 nitrogen and oxygen atoms in total. The number of methoxy groups -OCH3 is 1. The number of para-hydroxylation sites is 1. The molecule has 0 spiro atoms. The van der Waals surface area contributed by atoms with Crippen LogP contribution in [-0.2, 0) is 4.79 Å². The van der Waals surface area contributed by atoms with E-state index >= 15 is 0 Å². The Balaban J connectivity index is 1.48. The minimum atomic E-state index is -0.223. The van der Waals surface area contributed by atoms with Gasteiger partial charge in [-0.05, 0) is 57.7 Å². The maximum Gasteiger partial charge on any atom is 0.226 e. The third kappa shape index (κ3) is 3.60. The Bertz CT molecular complexity index is 1430. The van der Waals surface area contributed by atoms with Gasteiger partial charge in [-0.1, -0.05) is 12.1 Å². The van der Waals surface area contributed by atoms with Crippen LogP contribution in [0.4, 0.5) is 5.82 Å². The van der Waals surface area contributed by atoms with E-state index in [2.05, 4.69) is 20.6 Å². The molecule has 1 amide bonds. The first-order valence-corrected chi connectivity index (χ1v) is 12.0. The Morgan fingerprint density at radius 2 is 1.89 bits per heavy atom. The van der Waals surface area contributed by atoms with Crippen molar-refractivity contribution in [3.05, 3.63) is 53.0 Å². The lowest BCUT2D eigenvalue weighted by Crippen LogP contribution is -2.26. The third-order valence-electron chi connectivity index (χ3n) is 6.92. The first-order valence-electron chi connectivity index (χ1n) is 12.0. The molecule has 0 bridgehead atoms. The van der Waals surface area contributed by atoms with Crippen molar-refractivity contribution in [3.63, 3.8) is 0 Å². The highest BCUT2D eigenvalue weighted by atomic mass is 16.5. The number of aryl methyl sites for hydroxylation is 2. The monoisotopic (exact) mass is 473 g/mol. The highest BCUT2D eigenvalue weighted by Gasteiger charge is 2.36. The van der Waals surface area contributed by atoms with Gasteiger partial charge in [0, 0.05) is 23.5 Å². The lowest BCUT2D eigenvalue weighted by Gasteiger charge is -2.27. The molecule has 4 aromatic rings. The van der Waals surface area contributed by atoms with Crippen LogP contribution >= 0.6 is 0 Å². The van der Waals surface area contributed by atoms with Gasteiger partial charge >= 0.3 is 0 Å². The van der Waals surface area contributed by atoms with Crippen LogP contribution in [-0.4, -0.2) is 48.7 Å². The average molecular weight is 474 g/mol. The molecule has 1 aliphatic carbocycles. The summed E-state index contributed by atoms with van der Waals surface area (Å²) >= 11 is 0. The predicted molar refractivity (Wildman–Crippen MR) is 128 cm³/mol. The Labute approximate surface area is 202 Å². The summed E-state index contributed by atoms with van der Waals surface area (Å²) in [4.78, 5) is 13.0. The van der Waals surface area contributed by atoms with E-state index in [0.29, 0.717) is 35.3 Å². The zero-order chi connectivity index (χ0) is 24.1. The fourth-order valence-electron chi connectivity index (χ4n) is 5.24. The Morgan fingerprint density at radius 3 is 2.69 bits per heavy atom. The number of fused-ring (bicyclic) bond motifs is 2. The lowest BCUT2D eigenvalue weighted by molar-refractivity contribution is -0.116. The van der Waals surface area contributed by atoms with Gasteiger partial charge in [0.1, 0.15) is 5.82 Å². The van der Waals surface area contributed by atoms with Gasteiger partial charge in [-0.3, -0.25) is 4.79 Å². The van der Waals surface area contributed by atoms with Gasteiger partial charge in [0.05, 0.1) is 18.9 Å². The summed E-state index contributed by atoms with van der Waals surface area (Å²) in [5.74, 6) is 2.96. The topological polar surface area (TPSA) is 108 Å². The molecule has 1 atom stereocenters. The van der Waals surface area contributed by atoms with E-state index in [9.17, 15) is 4.79 Å². The minimum Gasteiger partial charge on any atom is -0.493 e. The van der Waals surface area contributed by atoms with E-state index in [1.54, 1.807) is 16.3 Å². The number of aromatic nitrogens is 6. The second-order valence-electron chi connectivity index (χ2n) is 9.18. The van der Waals surface area contributed by atoms with Crippen LogP contribution in [0.1, 0.15) is 60.7 Å². The Morgan fingerprint density at radius 1 is 1.06 bits per heavy atom. The van der Waals surface area contributed by atoms with Crippen LogP contribution in [0.25, 0.3) is 11.5 Å². The molecule has 10 heteroatoms. The smallest absolute Gasteiger partial charge is 0.226 e. The highest BCUT2D eigenvalue weighted by molar-refractivity contribution is 5.95. The molecule has 1 fully saturated rings. The van der Waals surface area contributed by atoms with Gasteiger partial charge in [0.25, 0.3) is 0 Å². The molecule has 180 valence electrons. The van der Waals surface area contributed by atoms with Crippen molar-refractivity contribution in [2.75, 3.05) is 12.4 Å². The number of carbonyl (C=O) groups excluding carboxylic acids is 1. The summed E-state index contributed by atoms with van der Waals surface area (Å²) in [5.41, 5.74) is 3.36. The number of nitrogens with zero attached hydrogens (tertiary/aromatic N) is 6. The van der Waals surface area contributed by atoms with Crippen LogP contribution in [0.2, 0.25) is 0 Å². The first-order chi connectivity index (χ1) is 17.0. The molecule has 35 heavy (non-hydrogen) atoms. The van der Waals surface area contributed by atoms with Crippen LogP contribution in [0.5, 0.6) is 11.5 Å². The molecule has 0 radical (unpaired) electrons. The van der Waals surface area contributed by atoms with Gasteiger partial charge in [-0.15, -0.1) is 15.3 Å². The summed E-state index contributed by atoms with van der Waals surface area (Å²) in [6.45, 7) is 3.80. The van der Waals surface area contributed by atoms with Crippen LogP contribution in [0.3, 0.4) is 0 Å². The van der Waals surface area contributed by atoms with Gasteiger partial charge in [-0.25, -0.2) is 0 Å². The fraction of sp³-hybridized carbons (Fsp3) is 0.400. The lowest BCUT2D eigenvalue weighted by atomic mass is 9.85. The number of hydrogen-bond donors (Lipinski definition) is 1. The van der Waals surface area contributed by atoms with Crippen molar-refractivity contribution in [2.24, 2.45) is 0 Å². The first kappa shape index (κ1) is 21.6. The van der Waals surface area contributed by atoms with E-state index < -0.39 is 0 Å². The van der Waals surface area contributed by atoms with Gasteiger partial charge in [0.2, 0.25) is 5.91 Å². The third-order valence-corrected chi connectivity index (χ3v) is 6.92. The molecular weight excluding hydrogens is 446 g/mol. The van der Waals surface area contributed by atoms with Gasteiger partial charge in [-0.2, -0.15) is 14.3 Å². The average Bonchev–Trinajstić information content (AvgIpc) is 3.58. The highest BCUT2D eigenvalue weighted by Crippen LogP contribution is 2.46. The number of benzene rings is 1. The predicted octanol–water partition coefficient (Wildman–Crippen LogP) is 3.73. The van der Waals surface area contributed by atoms with Crippen molar-refractivity contribution < 1.29 is 14.3 Å². The summed E-state index contributed by atoms with van der Waals surface area (Å²) < 4.78 is 15.5. The van der Waals surface area contributed by atoms with Crippen LogP contribution < -0.4 is 14.8 Å². The Hall–Kier alpha value is -3.95. The zero-order valence-electron chi connectivity index (χ0n) is 20.0. The SMILES string of the molecule is COc1cccc([C@@H]2CC(=O)Nc3c2c(C)nn3-c2ccc3nnc(C)n3n2)c1OC1CCCC1. The molecule has 4 heterocycles. The molecule has 3 aromatic heterocycles. The standard InChI is InChI=1S/C25H27N7O3/c1-14-23-18(17-9-6-10-19(34-3)24(17)35-16-7-4-5-8-16)13-22(33)26-25(23)32(29-14)21-12-11-20-28-27-15(2)31(20)30-21/h6,9-12,16,18H,4-5,7-8,13H2,1-3H3,(H,26,33)/t18-/m0/s1. The second-order valence-corrected chi connectivity index (χ2v) is 9.18. The largest absolute Gasteiger partial charge is 0.493 e. The summed E-state index contributed by atoms with van der Waals surface area (Å²) in [6.07, 6.45) is 4.85. The minimum absolute atomic E-state index is 0.0835. The van der Waals surface area contributed by atoms with Crippen molar-refractivity contribution in [3.8, 4) is 17.3 Å². The maximum absolute atomic E-state index is 13.0. The molecule has 1 aliphatic heterocycles. The van der Waals surface area contributed by atoms with E-state index in [0.717, 1.165) is 35.4 Å². The maximum atomic E-state index is 13.0. The van der Waals surface area contributed by atoms with E-state index in [1.807, 2.05) is 44.2 Å². The van der Waals surface area contributed by atoms with E-state index in [4.69, 9.17) is 14.6 Å². The van der Waals surface area contributed by atoms with Crippen LogP contribution in [0.15, 0.2) is 30.3 Å². The fourth-order valence-corrected chi connectivity index (χ4v) is 5.24. The summed E-state index contributed by atoms with van der Waals surface area (Å²) in [6, 6.07) is 9.55. The van der Waals surface area contributed by atoms with Gasteiger partial charge < -0.3 is 14.8 Å². The number of amides is 1. The quantitative estimate of drug-likeness (QED) is 0.470. The van der Waals surface area contributed by atoms with Crippen molar-refractivity contribution >= 4 is 17.4 Å². The second kappa shape index (κ2) is 8.37. The molecule has 6 rings (SSSR count). The van der Waals surface area contributed by atoms with Crippen molar-refractivity contribution in [1.82, 2.24) is 29.6 Å². The van der Waals surface area contributed by atoms with E-state index in [1.165, 1.54) is 12.8 Å². The normalized spacial score (nSPS) is 18.0. The van der Waals surface area contributed by atoms with Crippen molar-refractivity contribution in [1.29, 1.82) is 0 Å².